The summed E-state index contributed by atoms with van der Waals surface area (Å²) in [5, 5.41) is 10.0. The van der Waals surface area contributed by atoms with Crippen molar-refractivity contribution in [1.82, 2.24) is 0 Å². The molecule has 0 bridgehead atoms. The van der Waals surface area contributed by atoms with Gasteiger partial charge < -0.3 is 14.6 Å². The van der Waals surface area contributed by atoms with E-state index in [1.807, 2.05) is 6.92 Å². The number of aliphatic hydroxyl groups excluding tert-OH is 1. The molecule has 2 heterocycles. The largest absolute Gasteiger partial charge is 0.493 e. The molecule has 0 amide bonds. The minimum Gasteiger partial charge on any atom is -0.493 e. The molecule has 92 valence electrons. The minimum atomic E-state index is -0.487. The van der Waals surface area contributed by atoms with Crippen molar-refractivity contribution in [1.29, 1.82) is 0 Å². The van der Waals surface area contributed by atoms with E-state index < -0.39 is 6.10 Å². The van der Waals surface area contributed by atoms with Crippen LogP contribution in [0, 0.1) is 0 Å². The Kier molecular flexibility index (Phi) is 2.71. The summed E-state index contributed by atoms with van der Waals surface area (Å²) in [5.41, 5.74) is 3.29. The summed E-state index contributed by atoms with van der Waals surface area (Å²) >= 11 is 0. The molecule has 0 saturated heterocycles. The fourth-order valence-corrected chi connectivity index (χ4v) is 2.81. The summed E-state index contributed by atoms with van der Waals surface area (Å²) < 4.78 is 11.5. The average molecular weight is 234 g/mol. The van der Waals surface area contributed by atoms with Crippen molar-refractivity contribution in [3.63, 3.8) is 0 Å². The molecule has 3 nitrogen and oxygen atoms in total. The lowest BCUT2D eigenvalue weighted by molar-refractivity contribution is 0.183. The van der Waals surface area contributed by atoms with Crippen LogP contribution in [0.15, 0.2) is 6.07 Å². The van der Waals surface area contributed by atoms with Crippen molar-refractivity contribution in [2.75, 3.05) is 13.2 Å². The highest BCUT2D eigenvalue weighted by atomic mass is 16.5. The Hall–Kier alpha value is -1.22. The van der Waals surface area contributed by atoms with Gasteiger partial charge in [0, 0.05) is 11.1 Å². The fraction of sp³-hybridized carbons (Fsp3) is 0.571. The van der Waals surface area contributed by atoms with Crippen LogP contribution in [0.3, 0.4) is 0 Å². The third-order valence-corrected chi connectivity index (χ3v) is 3.55. The molecule has 3 rings (SSSR count). The molecule has 1 N–H and O–H groups in total. The lowest BCUT2D eigenvalue weighted by Crippen LogP contribution is -2.17. The van der Waals surface area contributed by atoms with Gasteiger partial charge in [-0.05, 0) is 44.2 Å². The summed E-state index contributed by atoms with van der Waals surface area (Å²) in [6.45, 7) is 3.35. The van der Waals surface area contributed by atoms with Gasteiger partial charge in [0.2, 0.25) is 0 Å². The van der Waals surface area contributed by atoms with Crippen LogP contribution in [0.2, 0.25) is 0 Å². The van der Waals surface area contributed by atoms with Crippen LogP contribution in [-0.2, 0) is 12.8 Å². The Bertz CT molecular complexity index is 403. The van der Waals surface area contributed by atoms with Gasteiger partial charge in [-0.3, -0.25) is 0 Å². The van der Waals surface area contributed by atoms with Crippen LogP contribution in [0.25, 0.3) is 0 Å². The molecule has 1 aromatic carbocycles. The van der Waals surface area contributed by atoms with Gasteiger partial charge in [0.1, 0.15) is 11.5 Å². The Morgan fingerprint density at radius 2 is 1.94 bits per heavy atom. The van der Waals surface area contributed by atoms with Gasteiger partial charge in [0.25, 0.3) is 0 Å². The molecule has 0 aliphatic carbocycles. The average Bonchev–Trinajstić information content (AvgIpc) is 2.35. The molecule has 17 heavy (non-hydrogen) atoms. The lowest BCUT2D eigenvalue weighted by atomic mass is 9.91. The highest BCUT2D eigenvalue weighted by molar-refractivity contribution is 5.56. The number of rotatable bonds is 1. The summed E-state index contributed by atoms with van der Waals surface area (Å²) in [6.07, 6.45) is 3.58. The normalized spacial score (nSPS) is 19.6. The number of aryl methyl sites for hydroxylation is 1. The second kappa shape index (κ2) is 4.22. The number of aliphatic hydroxyl groups is 1. The second-order valence-corrected chi connectivity index (χ2v) is 4.84. The number of fused-ring (bicyclic) bond motifs is 2. The Morgan fingerprint density at radius 3 is 2.76 bits per heavy atom. The molecular formula is C14H18O3. The van der Waals surface area contributed by atoms with Crippen LogP contribution in [0.1, 0.15) is 42.6 Å². The van der Waals surface area contributed by atoms with Gasteiger partial charge in [-0.1, -0.05) is 0 Å². The van der Waals surface area contributed by atoms with E-state index >= 15 is 0 Å². The molecule has 0 aromatic heterocycles. The van der Waals surface area contributed by atoms with Crippen molar-refractivity contribution in [2.45, 2.75) is 38.7 Å². The molecule has 0 fully saturated rings. The molecule has 2 aliphatic rings. The highest BCUT2D eigenvalue weighted by Crippen LogP contribution is 2.42. The fourth-order valence-electron chi connectivity index (χ4n) is 2.81. The third kappa shape index (κ3) is 1.78. The summed E-state index contributed by atoms with van der Waals surface area (Å²) in [4.78, 5) is 0. The van der Waals surface area contributed by atoms with E-state index in [-0.39, 0.29) is 0 Å². The topological polar surface area (TPSA) is 38.7 Å². The zero-order valence-corrected chi connectivity index (χ0v) is 10.2. The van der Waals surface area contributed by atoms with E-state index in [1.165, 1.54) is 5.56 Å². The predicted octanol–water partition coefficient (Wildman–Crippen LogP) is 2.39. The SMILES string of the molecule is CC(O)c1c2c(cc3c1OCCC3)OCCC2. The maximum atomic E-state index is 10.0. The van der Waals surface area contributed by atoms with Gasteiger partial charge in [0.15, 0.2) is 0 Å². The number of hydrogen-bond donors (Lipinski definition) is 1. The number of hydrogen-bond acceptors (Lipinski definition) is 3. The molecule has 2 aliphatic heterocycles. The first-order valence-electron chi connectivity index (χ1n) is 6.39. The van der Waals surface area contributed by atoms with Crippen molar-refractivity contribution in [3.8, 4) is 11.5 Å². The van der Waals surface area contributed by atoms with Crippen LogP contribution in [-0.4, -0.2) is 18.3 Å². The third-order valence-electron chi connectivity index (χ3n) is 3.55. The van der Waals surface area contributed by atoms with Gasteiger partial charge in [-0.25, -0.2) is 0 Å². The maximum absolute atomic E-state index is 10.0. The van der Waals surface area contributed by atoms with E-state index in [9.17, 15) is 5.11 Å². The zero-order valence-electron chi connectivity index (χ0n) is 10.2. The molecule has 3 heteroatoms. The van der Waals surface area contributed by atoms with E-state index in [1.54, 1.807) is 0 Å². The Morgan fingerprint density at radius 1 is 1.18 bits per heavy atom. The van der Waals surface area contributed by atoms with Crippen LogP contribution in [0.4, 0.5) is 0 Å². The van der Waals surface area contributed by atoms with E-state index in [2.05, 4.69) is 6.07 Å². The lowest BCUT2D eigenvalue weighted by Gasteiger charge is -2.28. The quantitative estimate of drug-likeness (QED) is 0.811. The molecule has 1 aromatic rings. The van der Waals surface area contributed by atoms with Crippen molar-refractivity contribution in [3.05, 3.63) is 22.8 Å². The summed E-state index contributed by atoms with van der Waals surface area (Å²) in [5.74, 6) is 1.87. The molecule has 0 radical (unpaired) electrons. The highest BCUT2D eigenvalue weighted by Gasteiger charge is 2.26. The molecular weight excluding hydrogens is 216 g/mol. The Balaban J connectivity index is 2.19. The zero-order chi connectivity index (χ0) is 11.8. The monoisotopic (exact) mass is 234 g/mol. The first kappa shape index (κ1) is 10.9. The summed E-state index contributed by atoms with van der Waals surface area (Å²) in [6, 6.07) is 2.11. The van der Waals surface area contributed by atoms with Gasteiger partial charge in [0.05, 0.1) is 19.3 Å². The molecule has 0 spiro atoms. The minimum absolute atomic E-state index is 0.487. The van der Waals surface area contributed by atoms with Crippen molar-refractivity contribution in [2.24, 2.45) is 0 Å². The molecule has 1 atom stereocenters. The van der Waals surface area contributed by atoms with E-state index in [0.717, 1.165) is 61.5 Å². The molecule has 0 saturated carbocycles. The van der Waals surface area contributed by atoms with Crippen LogP contribution in [0.5, 0.6) is 11.5 Å². The molecule has 1 unspecified atom stereocenters. The van der Waals surface area contributed by atoms with Gasteiger partial charge >= 0.3 is 0 Å². The van der Waals surface area contributed by atoms with Crippen molar-refractivity contribution >= 4 is 0 Å². The van der Waals surface area contributed by atoms with E-state index in [4.69, 9.17) is 9.47 Å². The Labute approximate surface area is 101 Å². The standard InChI is InChI=1S/C14H18O3/c1-9(15)13-11-5-3-6-16-12(11)8-10-4-2-7-17-14(10)13/h8-9,15H,2-7H2,1H3. The smallest absolute Gasteiger partial charge is 0.128 e. The van der Waals surface area contributed by atoms with Gasteiger partial charge in [-0.15, -0.1) is 0 Å². The van der Waals surface area contributed by atoms with E-state index in [0.29, 0.717) is 0 Å². The second-order valence-electron chi connectivity index (χ2n) is 4.84. The van der Waals surface area contributed by atoms with Crippen LogP contribution < -0.4 is 9.47 Å². The first-order chi connectivity index (χ1) is 8.27. The number of benzene rings is 1. The summed E-state index contributed by atoms with van der Waals surface area (Å²) in [7, 11) is 0. The maximum Gasteiger partial charge on any atom is 0.128 e. The van der Waals surface area contributed by atoms with Gasteiger partial charge in [-0.2, -0.15) is 0 Å². The van der Waals surface area contributed by atoms with Crippen molar-refractivity contribution < 1.29 is 14.6 Å². The predicted molar refractivity (Wildman–Crippen MR) is 64.7 cm³/mol. The first-order valence-corrected chi connectivity index (χ1v) is 6.39. The van der Waals surface area contributed by atoms with Crippen LogP contribution >= 0.6 is 0 Å². The number of ether oxygens (including phenoxy) is 2.